The maximum absolute atomic E-state index is 10.9. The second-order valence-corrected chi connectivity index (χ2v) is 3.16. The van der Waals surface area contributed by atoms with Crippen molar-refractivity contribution in [3.63, 3.8) is 0 Å². The summed E-state index contributed by atoms with van der Waals surface area (Å²) in [6.07, 6.45) is -0.279. The lowest BCUT2D eigenvalue weighted by molar-refractivity contribution is -0.153. The van der Waals surface area contributed by atoms with Crippen LogP contribution in [0.2, 0.25) is 0 Å². The number of ether oxygens (including phenoxy) is 1. The fourth-order valence-electron chi connectivity index (χ4n) is 0.679. The summed E-state index contributed by atoms with van der Waals surface area (Å²) in [6.45, 7) is 6.43. The smallest absolute Gasteiger partial charge is 0.333 e. The van der Waals surface area contributed by atoms with Crippen molar-refractivity contribution in [1.29, 1.82) is 0 Å². The molecule has 0 atom stereocenters. The van der Waals surface area contributed by atoms with E-state index in [4.69, 9.17) is 4.74 Å². The average molecular weight is 229 g/mol. The molecule has 1 N–H and O–H groups in total. The van der Waals surface area contributed by atoms with Crippen LogP contribution in [-0.4, -0.2) is 30.9 Å². The lowest BCUT2D eigenvalue weighted by atomic mass is 10.3. The van der Waals surface area contributed by atoms with Gasteiger partial charge in [0.25, 0.3) is 0 Å². The van der Waals surface area contributed by atoms with Gasteiger partial charge in [0.2, 0.25) is 0 Å². The van der Waals surface area contributed by atoms with E-state index in [2.05, 4.69) is 16.9 Å². The van der Waals surface area contributed by atoms with E-state index in [9.17, 15) is 14.4 Å². The molecule has 0 saturated heterocycles. The summed E-state index contributed by atoms with van der Waals surface area (Å²) in [5.41, 5.74) is 2.58. The second kappa shape index (κ2) is 7.58. The van der Waals surface area contributed by atoms with Crippen LogP contribution in [0.3, 0.4) is 0 Å². The van der Waals surface area contributed by atoms with Crippen molar-refractivity contribution >= 4 is 17.7 Å². The molecule has 0 spiro atoms. The fraction of sp³-hybridized carbons (Fsp3) is 0.500. The van der Waals surface area contributed by atoms with E-state index >= 15 is 0 Å². The predicted octanol–water partition coefficient (Wildman–Crippen LogP) is 0.133. The number of hydroxylamine groups is 1. The highest BCUT2D eigenvalue weighted by Gasteiger charge is 2.06. The summed E-state index contributed by atoms with van der Waals surface area (Å²) in [6, 6.07) is 0. The number of esters is 1. The van der Waals surface area contributed by atoms with Crippen molar-refractivity contribution in [1.82, 2.24) is 5.48 Å². The van der Waals surface area contributed by atoms with Gasteiger partial charge in [-0.2, -0.15) is 0 Å². The SMILES string of the molecule is C=C(C)C(=O)OCCNOC(=O)CC(C)=O. The Morgan fingerprint density at radius 2 is 1.88 bits per heavy atom. The Labute approximate surface area is 93.5 Å². The maximum Gasteiger partial charge on any atom is 0.333 e. The van der Waals surface area contributed by atoms with Crippen LogP contribution in [0.15, 0.2) is 12.2 Å². The zero-order chi connectivity index (χ0) is 12.6. The molecule has 6 heteroatoms. The van der Waals surface area contributed by atoms with E-state index in [-0.39, 0.29) is 25.4 Å². The van der Waals surface area contributed by atoms with Gasteiger partial charge >= 0.3 is 11.9 Å². The summed E-state index contributed by atoms with van der Waals surface area (Å²) < 4.78 is 4.71. The highest BCUT2D eigenvalue weighted by atomic mass is 16.7. The van der Waals surface area contributed by atoms with Crippen molar-refractivity contribution < 1.29 is 24.0 Å². The van der Waals surface area contributed by atoms with Crippen LogP contribution in [-0.2, 0) is 24.0 Å². The van der Waals surface area contributed by atoms with Gasteiger partial charge in [-0.25, -0.2) is 9.59 Å². The Hall–Kier alpha value is -1.69. The number of nitrogens with one attached hydrogen (secondary N) is 1. The number of Topliss-reactive ketones (excluding diaryl/α,β-unsaturated/α-hetero) is 1. The van der Waals surface area contributed by atoms with Gasteiger partial charge in [-0.05, 0) is 13.8 Å². The van der Waals surface area contributed by atoms with Crippen molar-refractivity contribution in [2.24, 2.45) is 0 Å². The summed E-state index contributed by atoms with van der Waals surface area (Å²) in [5.74, 6) is -1.45. The summed E-state index contributed by atoms with van der Waals surface area (Å²) >= 11 is 0. The van der Waals surface area contributed by atoms with Gasteiger partial charge in [0.15, 0.2) is 0 Å². The van der Waals surface area contributed by atoms with Crippen LogP contribution in [0.4, 0.5) is 0 Å². The highest BCUT2D eigenvalue weighted by Crippen LogP contribution is 1.90. The van der Waals surface area contributed by atoms with Gasteiger partial charge in [0.05, 0.1) is 6.54 Å². The van der Waals surface area contributed by atoms with Crippen molar-refractivity contribution in [2.75, 3.05) is 13.2 Å². The molecule has 0 radical (unpaired) electrons. The molecule has 0 aromatic heterocycles. The highest BCUT2D eigenvalue weighted by molar-refractivity contribution is 5.93. The quantitative estimate of drug-likeness (QED) is 0.220. The third kappa shape index (κ3) is 7.69. The molecule has 0 aliphatic carbocycles. The van der Waals surface area contributed by atoms with E-state index in [1.807, 2.05) is 0 Å². The second-order valence-electron chi connectivity index (χ2n) is 3.16. The minimum absolute atomic E-state index is 0.0546. The lowest BCUT2D eigenvalue weighted by Crippen LogP contribution is -2.25. The maximum atomic E-state index is 10.9. The van der Waals surface area contributed by atoms with E-state index in [1.165, 1.54) is 13.8 Å². The molecule has 0 aromatic carbocycles. The molecule has 0 aliphatic rings. The van der Waals surface area contributed by atoms with Crippen molar-refractivity contribution in [3.05, 3.63) is 12.2 Å². The van der Waals surface area contributed by atoms with Gasteiger partial charge in [0.1, 0.15) is 18.8 Å². The molecule has 16 heavy (non-hydrogen) atoms. The molecule has 0 rings (SSSR count). The fourth-order valence-corrected chi connectivity index (χ4v) is 0.679. The number of carbonyl (C=O) groups is 3. The Balaban J connectivity index is 3.47. The zero-order valence-electron chi connectivity index (χ0n) is 9.37. The van der Waals surface area contributed by atoms with Crippen molar-refractivity contribution in [3.8, 4) is 0 Å². The normalized spacial score (nSPS) is 9.38. The number of ketones is 1. The summed E-state index contributed by atoms with van der Waals surface area (Å²) in [5, 5.41) is 0. The molecule has 0 aliphatic heterocycles. The topological polar surface area (TPSA) is 81.7 Å². The first-order chi connectivity index (χ1) is 7.43. The van der Waals surface area contributed by atoms with Crippen LogP contribution < -0.4 is 5.48 Å². The number of hydrogen-bond acceptors (Lipinski definition) is 6. The van der Waals surface area contributed by atoms with E-state index in [0.717, 1.165) is 0 Å². The summed E-state index contributed by atoms with van der Waals surface area (Å²) in [4.78, 5) is 36.7. The molecule has 0 saturated carbocycles. The molecular weight excluding hydrogens is 214 g/mol. The first kappa shape index (κ1) is 14.3. The molecule has 6 nitrogen and oxygen atoms in total. The van der Waals surface area contributed by atoms with E-state index in [1.54, 1.807) is 0 Å². The molecule has 90 valence electrons. The molecular formula is C10H15NO5. The van der Waals surface area contributed by atoms with Gasteiger partial charge < -0.3 is 9.57 Å². The Morgan fingerprint density at radius 3 is 2.38 bits per heavy atom. The molecule has 0 unspecified atom stereocenters. The van der Waals surface area contributed by atoms with Crippen LogP contribution in [0.5, 0.6) is 0 Å². The molecule has 0 aromatic rings. The Kier molecular flexibility index (Phi) is 6.78. The van der Waals surface area contributed by atoms with E-state index in [0.29, 0.717) is 5.57 Å². The molecule has 0 heterocycles. The van der Waals surface area contributed by atoms with Crippen LogP contribution in [0, 0.1) is 0 Å². The van der Waals surface area contributed by atoms with Gasteiger partial charge in [-0.15, -0.1) is 5.48 Å². The standard InChI is InChI=1S/C10H15NO5/c1-7(2)10(14)15-5-4-11-16-9(13)6-8(3)12/h11H,1,4-6H2,2-3H3. The number of rotatable bonds is 7. The first-order valence-corrected chi connectivity index (χ1v) is 4.68. The average Bonchev–Trinajstić information content (AvgIpc) is 2.15. The van der Waals surface area contributed by atoms with E-state index < -0.39 is 11.9 Å². The minimum atomic E-state index is -0.668. The number of hydrogen-bond donors (Lipinski definition) is 1. The van der Waals surface area contributed by atoms with Crippen molar-refractivity contribution in [2.45, 2.75) is 20.3 Å². The lowest BCUT2D eigenvalue weighted by Gasteiger charge is -2.05. The first-order valence-electron chi connectivity index (χ1n) is 4.68. The summed E-state index contributed by atoms with van der Waals surface area (Å²) in [7, 11) is 0. The largest absolute Gasteiger partial charge is 0.461 e. The number of carbonyl (C=O) groups excluding carboxylic acids is 3. The van der Waals surface area contributed by atoms with Gasteiger partial charge in [0, 0.05) is 5.57 Å². The molecule has 0 amide bonds. The zero-order valence-corrected chi connectivity index (χ0v) is 9.37. The van der Waals surface area contributed by atoms with Crippen LogP contribution >= 0.6 is 0 Å². The Bertz CT molecular complexity index is 298. The molecule has 0 bridgehead atoms. The Morgan fingerprint density at radius 1 is 1.25 bits per heavy atom. The van der Waals surface area contributed by atoms with Crippen LogP contribution in [0.25, 0.3) is 0 Å². The predicted molar refractivity (Wildman–Crippen MR) is 55.2 cm³/mol. The molecule has 0 fully saturated rings. The van der Waals surface area contributed by atoms with Gasteiger partial charge in [-0.1, -0.05) is 6.58 Å². The van der Waals surface area contributed by atoms with Crippen LogP contribution in [0.1, 0.15) is 20.3 Å². The minimum Gasteiger partial charge on any atom is -0.461 e. The monoisotopic (exact) mass is 229 g/mol. The third-order valence-electron chi connectivity index (χ3n) is 1.37. The van der Waals surface area contributed by atoms with Gasteiger partial charge in [-0.3, -0.25) is 4.79 Å². The third-order valence-corrected chi connectivity index (χ3v) is 1.37.